The SMILES string of the molecule is CC(C)Cn1ncc2ccc3c(c21)[C@@H]1OC(=O)O[C@@H]1CO3.C[C@H](Cn1ncc2ccc3c(c21)[C@H]1OC(=O)O[C@H]1CO3)O[Si](C)(C)C(C)(C)C. The maximum Gasteiger partial charge on any atom is 0.509 e. The summed E-state index contributed by atoms with van der Waals surface area (Å²) in [7, 11) is -1.88. The number of carbonyl (C=O) groups excluding carboxylic acids is 2. The lowest BCUT2D eigenvalue weighted by Crippen LogP contribution is -2.44. The molecule has 4 aromatic rings. The van der Waals surface area contributed by atoms with Gasteiger partial charge in [0, 0.05) is 17.3 Å². The maximum atomic E-state index is 11.7. The average molecular weight is 693 g/mol. The van der Waals surface area contributed by atoms with Crippen LogP contribution < -0.4 is 9.47 Å². The van der Waals surface area contributed by atoms with Gasteiger partial charge in [-0.25, -0.2) is 9.59 Å². The molecule has 4 aliphatic heterocycles. The highest BCUT2D eigenvalue weighted by molar-refractivity contribution is 6.74. The summed E-state index contributed by atoms with van der Waals surface area (Å²) >= 11 is 0. The van der Waals surface area contributed by atoms with Crippen LogP contribution in [-0.4, -0.2) is 71.7 Å². The van der Waals surface area contributed by atoms with Crippen molar-refractivity contribution >= 4 is 42.4 Å². The highest BCUT2D eigenvalue weighted by atomic mass is 28.4. The molecule has 13 nitrogen and oxygen atoms in total. The van der Waals surface area contributed by atoms with E-state index in [1.165, 1.54) is 0 Å². The lowest BCUT2D eigenvalue weighted by atomic mass is 9.98. The lowest BCUT2D eigenvalue weighted by molar-refractivity contribution is 0.0743. The Hall–Kier alpha value is -4.30. The molecule has 49 heavy (non-hydrogen) atoms. The molecule has 5 atom stereocenters. The number of fused-ring (bicyclic) bond motifs is 10. The summed E-state index contributed by atoms with van der Waals surface area (Å²) in [6.07, 6.45) is 0.710. The van der Waals surface area contributed by atoms with Crippen LogP contribution in [0.5, 0.6) is 11.5 Å². The largest absolute Gasteiger partial charge is 0.509 e. The molecule has 2 saturated heterocycles. The predicted molar refractivity (Wildman–Crippen MR) is 181 cm³/mol. The van der Waals surface area contributed by atoms with Crippen molar-refractivity contribution in [2.75, 3.05) is 13.2 Å². The molecule has 262 valence electrons. The van der Waals surface area contributed by atoms with Crippen molar-refractivity contribution in [3.8, 4) is 11.5 Å². The Balaban J connectivity index is 0.000000160. The molecule has 0 amide bonds. The molecule has 4 aliphatic rings. The summed E-state index contributed by atoms with van der Waals surface area (Å²) < 4.78 is 43.1. The molecule has 6 heterocycles. The van der Waals surface area contributed by atoms with Gasteiger partial charge in [-0.2, -0.15) is 10.2 Å². The highest BCUT2D eigenvalue weighted by Gasteiger charge is 2.46. The molecule has 0 bridgehead atoms. The van der Waals surface area contributed by atoms with E-state index >= 15 is 0 Å². The molecule has 2 aromatic heterocycles. The number of hydrogen-bond donors (Lipinski definition) is 0. The number of benzene rings is 2. The first-order valence-electron chi connectivity index (χ1n) is 16.8. The number of aromatic nitrogens is 4. The van der Waals surface area contributed by atoms with Gasteiger partial charge in [0.2, 0.25) is 0 Å². The van der Waals surface area contributed by atoms with Gasteiger partial charge < -0.3 is 32.8 Å². The van der Waals surface area contributed by atoms with Crippen LogP contribution in [0.15, 0.2) is 36.7 Å². The molecule has 0 radical (unpaired) electrons. The van der Waals surface area contributed by atoms with Crippen molar-refractivity contribution in [3.63, 3.8) is 0 Å². The minimum Gasteiger partial charge on any atom is -0.489 e. The second kappa shape index (κ2) is 12.2. The van der Waals surface area contributed by atoms with Gasteiger partial charge in [-0.1, -0.05) is 34.6 Å². The van der Waals surface area contributed by atoms with Crippen molar-refractivity contribution in [1.29, 1.82) is 0 Å². The standard InChI is InChI=1S/C20H28N2O5Si.C15H16N2O4/c1-12(27-28(5,6)20(2,3)4)10-22-17-13(9-21-22)7-8-14-16(17)18-15(11-24-14)25-19(23)26-18;1-8(2)6-17-13-9(5-16-17)3-4-10-12(13)14-11(7-19-10)20-15(18)21-14/h7-9,12,15,18H,10-11H2,1-6H3;3-5,8,11,14H,6-7H2,1-2H3/t12-,15+,18+;11-,14-/m11/s1. The van der Waals surface area contributed by atoms with E-state index in [2.05, 4.69) is 64.8 Å². The minimum atomic E-state index is -1.88. The zero-order valence-corrected chi connectivity index (χ0v) is 30.2. The van der Waals surface area contributed by atoms with Crippen molar-refractivity contribution in [1.82, 2.24) is 19.6 Å². The first-order chi connectivity index (χ1) is 23.2. The molecule has 8 rings (SSSR count). The van der Waals surface area contributed by atoms with Gasteiger partial charge in [0.05, 0.1) is 47.2 Å². The quantitative estimate of drug-likeness (QED) is 0.152. The molecular weight excluding hydrogens is 648 g/mol. The van der Waals surface area contributed by atoms with E-state index in [1.807, 2.05) is 46.0 Å². The van der Waals surface area contributed by atoms with Gasteiger partial charge in [-0.05, 0) is 55.2 Å². The van der Waals surface area contributed by atoms with Crippen LogP contribution in [0.25, 0.3) is 21.8 Å². The van der Waals surface area contributed by atoms with Crippen LogP contribution in [0.1, 0.15) is 64.9 Å². The third-order valence-corrected chi connectivity index (χ3v) is 14.5. The van der Waals surface area contributed by atoms with Crippen LogP contribution in [0.2, 0.25) is 18.1 Å². The highest BCUT2D eigenvalue weighted by Crippen LogP contribution is 2.45. The normalized spacial score (nSPS) is 23.1. The molecule has 0 unspecified atom stereocenters. The summed E-state index contributed by atoms with van der Waals surface area (Å²) in [6.45, 7) is 19.6. The van der Waals surface area contributed by atoms with E-state index in [0.717, 1.165) is 45.2 Å². The molecule has 0 aliphatic carbocycles. The summed E-state index contributed by atoms with van der Waals surface area (Å²) in [5, 5.41) is 11.2. The molecule has 0 N–H and O–H groups in total. The minimum absolute atomic E-state index is 0.00234. The van der Waals surface area contributed by atoms with Gasteiger partial charge in [-0.15, -0.1) is 0 Å². The van der Waals surface area contributed by atoms with E-state index in [9.17, 15) is 9.59 Å². The second-order valence-electron chi connectivity index (χ2n) is 15.1. The van der Waals surface area contributed by atoms with Crippen molar-refractivity contribution < 1.29 is 42.4 Å². The Morgan fingerprint density at radius 1 is 0.776 bits per heavy atom. The smallest absolute Gasteiger partial charge is 0.489 e. The summed E-state index contributed by atoms with van der Waals surface area (Å²) in [6, 6.07) is 7.77. The zero-order chi connectivity index (χ0) is 34.8. The third-order valence-electron chi connectivity index (χ3n) is 9.87. The van der Waals surface area contributed by atoms with E-state index in [0.29, 0.717) is 31.4 Å². The summed E-state index contributed by atoms with van der Waals surface area (Å²) in [5.41, 5.74) is 3.58. The molecular formula is C35H44N4O9Si. The Morgan fingerprint density at radius 2 is 1.24 bits per heavy atom. The Labute approximate surface area is 285 Å². The van der Waals surface area contributed by atoms with Crippen LogP contribution in [0.4, 0.5) is 9.59 Å². The number of nitrogens with zero attached hydrogens (tertiary/aromatic N) is 4. The molecule has 14 heteroatoms. The third kappa shape index (κ3) is 6.09. The second-order valence-corrected chi connectivity index (χ2v) is 19.8. The van der Waals surface area contributed by atoms with Crippen molar-refractivity contribution in [3.05, 3.63) is 47.8 Å². The Kier molecular flexibility index (Phi) is 8.29. The van der Waals surface area contributed by atoms with Gasteiger partial charge in [0.15, 0.2) is 32.7 Å². The van der Waals surface area contributed by atoms with Gasteiger partial charge in [-0.3, -0.25) is 9.36 Å². The van der Waals surface area contributed by atoms with Gasteiger partial charge in [0.25, 0.3) is 0 Å². The number of rotatable bonds is 6. The van der Waals surface area contributed by atoms with Gasteiger partial charge in [0.1, 0.15) is 24.7 Å². The van der Waals surface area contributed by atoms with E-state index in [4.69, 9.17) is 32.8 Å². The van der Waals surface area contributed by atoms with Crippen LogP contribution in [0, 0.1) is 5.92 Å². The van der Waals surface area contributed by atoms with Crippen LogP contribution in [0.3, 0.4) is 0 Å². The monoisotopic (exact) mass is 692 g/mol. The summed E-state index contributed by atoms with van der Waals surface area (Å²) in [4.78, 5) is 23.1. The topological polar surface area (TPSA) is 134 Å². The van der Waals surface area contributed by atoms with Crippen molar-refractivity contribution in [2.45, 2.75) is 103 Å². The van der Waals surface area contributed by atoms with E-state index in [1.54, 1.807) is 0 Å². The van der Waals surface area contributed by atoms with Crippen molar-refractivity contribution in [2.24, 2.45) is 5.92 Å². The van der Waals surface area contributed by atoms with Crippen LogP contribution in [-0.2, 0) is 36.5 Å². The molecule has 0 spiro atoms. The average Bonchev–Trinajstić information content (AvgIpc) is 3.80. The fourth-order valence-electron chi connectivity index (χ4n) is 6.62. The molecule has 2 fully saturated rings. The first-order valence-corrected chi connectivity index (χ1v) is 19.8. The Bertz CT molecular complexity index is 1910. The number of ether oxygens (including phenoxy) is 6. The molecule has 2 aromatic carbocycles. The molecule has 0 saturated carbocycles. The Morgan fingerprint density at radius 3 is 1.69 bits per heavy atom. The fraction of sp³-hybridized carbons (Fsp3) is 0.543. The predicted octanol–water partition coefficient (Wildman–Crippen LogP) is 7.08. The van der Waals surface area contributed by atoms with E-state index < -0.39 is 38.9 Å². The summed E-state index contributed by atoms with van der Waals surface area (Å²) in [5.74, 6) is 1.92. The first kappa shape index (κ1) is 33.2. The number of hydrogen-bond acceptors (Lipinski definition) is 11. The number of carbonyl (C=O) groups is 2. The lowest BCUT2D eigenvalue weighted by Gasteiger charge is -2.38. The van der Waals surface area contributed by atoms with Gasteiger partial charge >= 0.3 is 12.3 Å². The van der Waals surface area contributed by atoms with Crippen LogP contribution >= 0.6 is 0 Å². The maximum absolute atomic E-state index is 11.7. The fourth-order valence-corrected chi connectivity index (χ4v) is 8.06. The zero-order valence-electron chi connectivity index (χ0n) is 29.2. The van der Waals surface area contributed by atoms with E-state index in [-0.39, 0.29) is 17.2 Å².